The predicted octanol–water partition coefficient (Wildman–Crippen LogP) is -2.59. The first-order valence-electron chi connectivity index (χ1n) is 6.09. The van der Waals surface area contributed by atoms with Crippen molar-refractivity contribution in [2.75, 3.05) is 12.3 Å². The number of carbonyl (C=O) groups excluding carboxylic acids is 1. The SMILES string of the molecule is CC(=O)N1[C@H](n2cc(F)c(N)nc2=O)[C@@H](O)[C@@H](O)[C@@H]1CO. The molecule has 1 fully saturated rings. The van der Waals surface area contributed by atoms with Crippen LogP contribution < -0.4 is 11.4 Å². The fourth-order valence-corrected chi connectivity index (χ4v) is 2.49. The molecule has 0 bridgehead atoms. The number of aliphatic hydroxyl groups is 3. The van der Waals surface area contributed by atoms with Crippen molar-refractivity contribution in [1.82, 2.24) is 14.5 Å². The van der Waals surface area contributed by atoms with Gasteiger partial charge in [0.1, 0.15) is 18.4 Å². The second kappa shape index (κ2) is 5.39. The molecule has 0 saturated carbocycles. The quantitative estimate of drug-likeness (QED) is 0.469. The Morgan fingerprint density at radius 1 is 1.48 bits per heavy atom. The molecule has 1 aliphatic heterocycles. The summed E-state index contributed by atoms with van der Waals surface area (Å²) in [5.41, 5.74) is 4.18. The molecule has 5 N–H and O–H groups in total. The number of aliphatic hydroxyl groups excluding tert-OH is 3. The molecule has 0 spiro atoms. The fraction of sp³-hybridized carbons (Fsp3) is 0.545. The molecule has 0 unspecified atom stereocenters. The van der Waals surface area contributed by atoms with Crippen LogP contribution in [0.4, 0.5) is 10.2 Å². The van der Waals surface area contributed by atoms with Crippen molar-refractivity contribution in [3.05, 3.63) is 22.5 Å². The number of nitrogens with two attached hydrogens (primary N) is 1. The van der Waals surface area contributed by atoms with Crippen LogP contribution in [0.5, 0.6) is 0 Å². The molecule has 1 aromatic heterocycles. The van der Waals surface area contributed by atoms with Gasteiger partial charge in [-0.1, -0.05) is 0 Å². The van der Waals surface area contributed by atoms with Crippen molar-refractivity contribution in [2.45, 2.75) is 31.3 Å². The number of anilines is 1. The highest BCUT2D eigenvalue weighted by atomic mass is 19.1. The summed E-state index contributed by atoms with van der Waals surface area (Å²) in [4.78, 5) is 27.6. The van der Waals surface area contributed by atoms with Crippen LogP contribution in [0.2, 0.25) is 0 Å². The zero-order valence-corrected chi connectivity index (χ0v) is 11.0. The first-order chi connectivity index (χ1) is 9.79. The minimum atomic E-state index is -1.59. The molecule has 0 aromatic carbocycles. The third-order valence-corrected chi connectivity index (χ3v) is 3.46. The summed E-state index contributed by atoms with van der Waals surface area (Å²) in [7, 11) is 0. The van der Waals surface area contributed by atoms with Crippen LogP contribution in [-0.2, 0) is 4.79 Å². The lowest BCUT2D eigenvalue weighted by molar-refractivity contribution is -0.136. The van der Waals surface area contributed by atoms with Gasteiger partial charge in [0.2, 0.25) is 5.91 Å². The van der Waals surface area contributed by atoms with Crippen LogP contribution in [-0.4, -0.2) is 60.5 Å². The van der Waals surface area contributed by atoms with Crippen molar-refractivity contribution in [1.29, 1.82) is 0 Å². The molecule has 2 heterocycles. The molecular weight excluding hydrogens is 287 g/mol. The van der Waals surface area contributed by atoms with Crippen LogP contribution in [0.1, 0.15) is 13.1 Å². The largest absolute Gasteiger partial charge is 0.394 e. The van der Waals surface area contributed by atoms with Crippen LogP contribution in [0.3, 0.4) is 0 Å². The van der Waals surface area contributed by atoms with Crippen molar-refractivity contribution < 1.29 is 24.5 Å². The molecule has 1 aliphatic rings. The molecule has 9 nitrogen and oxygen atoms in total. The van der Waals surface area contributed by atoms with Gasteiger partial charge in [0.25, 0.3) is 0 Å². The number of hydrogen-bond donors (Lipinski definition) is 4. The average Bonchev–Trinajstić information content (AvgIpc) is 2.66. The average molecular weight is 302 g/mol. The Balaban J connectivity index is 2.57. The molecular formula is C11H15FN4O5. The van der Waals surface area contributed by atoms with Gasteiger partial charge in [-0.3, -0.25) is 9.36 Å². The molecule has 4 atom stereocenters. The lowest BCUT2D eigenvalue weighted by Gasteiger charge is -2.29. The van der Waals surface area contributed by atoms with Gasteiger partial charge in [-0.25, -0.2) is 9.18 Å². The molecule has 10 heteroatoms. The van der Waals surface area contributed by atoms with Crippen LogP contribution >= 0.6 is 0 Å². The lowest BCUT2D eigenvalue weighted by Crippen LogP contribution is -2.45. The molecule has 116 valence electrons. The number of amides is 1. The number of likely N-dealkylation sites (tertiary alicyclic amines) is 1. The summed E-state index contributed by atoms with van der Waals surface area (Å²) in [5, 5.41) is 29.1. The van der Waals surface area contributed by atoms with Gasteiger partial charge in [-0.05, 0) is 0 Å². The van der Waals surface area contributed by atoms with E-state index in [1.54, 1.807) is 0 Å². The zero-order chi connectivity index (χ0) is 15.9. The van der Waals surface area contributed by atoms with E-state index < -0.39 is 54.3 Å². The third kappa shape index (κ3) is 2.37. The summed E-state index contributed by atoms with van der Waals surface area (Å²) in [6.45, 7) is 0.500. The van der Waals surface area contributed by atoms with E-state index in [1.807, 2.05) is 0 Å². The minimum Gasteiger partial charge on any atom is -0.394 e. The van der Waals surface area contributed by atoms with Crippen molar-refractivity contribution in [3.8, 4) is 0 Å². The Morgan fingerprint density at radius 2 is 2.10 bits per heavy atom. The first kappa shape index (κ1) is 15.4. The maximum atomic E-state index is 13.5. The number of nitrogens with zero attached hydrogens (tertiary/aromatic N) is 3. The Bertz CT molecular complexity index is 621. The Kier molecular flexibility index (Phi) is 3.94. The van der Waals surface area contributed by atoms with E-state index >= 15 is 0 Å². The van der Waals surface area contributed by atoms with E-state index in [1.165, 1.54) is 0 Å². The molecule has 1 saturated heterocycles. The van der Waals surface area contributed by atoms with Crippen molar-refractivity contribution in [2.24, 2.45) is 0 Å². The van der Waals surface area contributed by atoms with E-state index in [0.717, 1.165) is 11.8 Å². The molecule has 0 aliphatic carbocycles. The van der Waals surface area contributed by atoms with Gasteiger partial charge < -0.3 is 26.0 Å². The number of carbonyl (C=O) groups is 1. The zero-order valence-electron chi connectivity index (χ0n) is 11.0. The predicted molar refractivity (Wildman–Crippen MR) is 67.3 cm³/mol. The van der Waals surface area contributed by atoms with E-state index in [0.29, 0.717) is 10.8 Å². The highest BCUT2D eigenvalue weighted by Crippen LogP contribution is 2.32. The van der Waals surface area contributed by atoms with E-state index in [-0.39, 0.29) is 0 Å². The summed E-state index contributed by atoms with van der Waals surface area (Å²) in [6, 6.07) is -1.12. The van der Waals surface area contributed by atoms with Gasteiger partial charge in [0.15, 0.2) is 11.6 Å². The van der Waals surface area contributed by atoms with Crippen LogP contribution in [0.15, 0.2) is 11.0 Å². The third-order valence-electron chi connectivity index (χ3n) is 3.46. The van der Waals surface area contributed by atoms with Gasteiger partial charge in [0, 0.05) is 6.92 Å². The van der Waals surface area contributed by atoms with Gasteiger partial charge >= 0.3 is 5.69 Å². The Hall–Kier alpha value is -2.04. The molecule has 1 aromatic rings. The summed E-state index contributed by atoms with van der Waals surface area (Å²) >= 11 is 0. The Labute approximate surface area is 118 Å². The van der Waals surface area contributed by atoms with Gasteiger partial charge in [0.05, 0.1) is 18.8 Å². The highest BCUT2D eigenvalue weighted by Gasteiger charge is 2.50. The number of rotatable bonds is 2. The number of halogens is 1. The fourth-order valence-electron chi connectivity index (χ4n) is 2.49. The van der Waals surface area contributed by atoms with Crippen molar-refractivity contribution >= 4 is 11.7 Å². The number of nitrogen functional groups attached to an aromatic ring is 1. The van der Waals surface area contributed by atoms with Gasteiger partial charge in [-0.15, -0.1) is 0 Å². The molecule has 1 amide bonds. The second-order valence-electron chi connectivity index (χ2n) is 4.73. The summed E-state index contributed by atoms with van der Waals surface area (Å²) in [6.07, 6.45) is -3.77. The van der Waals surface area contributed by atoms with Crippen LogP contribution in [0.25, 0.3) is 0 Å². The summed E-state index contributed by atoms with van der Waals surface area (Å²) < 4.78 is 14.2. The topological polar surface area (TPSA) is 142 Å². The monoisotopic (exact) mass is 302 g/mol. The minimum absolute atomic E-state index is 0.612. The first-order valence-corrected chi connectivity index (χ1v) is 6.09. The molecule has 0 radical (unpaired) electrons. The summed E-state index contributed by atoms with van der Waals surface area (Å²) in [5.74, 6) is -2.23. The van der Waals surface area contributed by atoms with E-state index in [9.17, 15) is 29.3 Å². The smallest absolute Gasteiger partial charge is 0.351 e. The second-order valence-corrected chi connectivity index (χ2v) is 4.73. The maximum absolute atomic E-state index is 13.5. The Morgan fingerprint density at radius 3 is 2.62 bits per heavy atom. The highest BCUT2D eigenvalue weighted by molar-refractivity contribution is 5.74. The molecule has 2 rings (SSSR count). The van der Waals surface area contributed by atoms with Crippen LogP contribution in [0, 0.1) is 5.82 Å². The maximum Gasteiger partial charge on any atom is 0.351 e. The van der Waals surface area contributed by atoms with Gasteiger partial charge in [-0.2, -0.15) is 4.98 Å². The number of hydrogen-bond acceptors (Lipinski definition) is 7. The van der Waals surface area contributed by atoms with E-state index in [4.69, 9.17) is 5.73 Å². The standard InChI is InChI=1S/C11H15FN4O5/c1-4(18)16-6(3-17)7(19)8(20)10(16)15-2-5(12)9(13)14-11(15)21/h2,6-8,10,17,19-20H,3H2,1H3,(H2,13,14,21)/t6-,7-,8-,10-/m0/s1. The van der Waals surface area contributed by atoms with Crippen molar-refractivity contribution in [3.63, 3.8) is 0 Å². The number of aromatic nitrogens is 2. The lowest BCUT2D eigenvalue weighted by atomic mass is 10.1. The normalized spacial score (nSPS) is 28.9. The molecule has 21 heavy (non-hydrogen) atoms. The van der Waals surface area contributed by atoms with E-state index in [2.05, 4.69) is 4.98 Å².